The number of benzene rings is 1. The number of likely N-dealkylation sites (tertiary alicyclic amines) is 1. The van der Waals surface area contributed by atoms with Crippen molar-refractivity contribution in [2.24, 2.45) is 5.92 Å². The van der Waals surface area contributed by atoms with Crippen LogP contribution in [0.5, 0.6) is 0 Å². The summed E-state index contributed by atoms with van der Waals surface area (Å²) in [6.07, 6.45) is 2.01. The van der Waals surface area contributed by atoms with Gasteiger partial charge in [-0.1, -0.05) is 42.4 Å². The standard InChI is InChI=1S/C21H29N5O2/c1-2-24-11-13-26(14-12-24)21(27)18-9-6-10-25(15-18)16-19-22-20(23-28-19)17-7-4-3-5-8-17/h3-5,7-8,18H,2,6,9-16H2,1H3. The second kappa shape index (κ2) is 8.84. The molecule has 2 aliphatic rings. The van der Waals surface area contributed by atoms with E-state index in [0.717, 1.165) is 64.2 Å². The highest BCUT2D eigenvalue weighted by molar-refractivity contribution is 5.79. The van der Waals surface area contributed by atoms with E-state index < -0.39 is 0 Å². The van der Waals surface area contributed by atoms with Crippen LogP contribution in [0.3, 0.4) is 0 Å². The lowest BCUT2D eigenvalue weighted by atomic mass is 9.96. The Hall–Kier alpha value is -2.25. The van der Waals surface area contributed by atoms with Crippen molar-refractivity contribution in [2.75, 3.05) is 45.8 Å². The predicted octanol–water partition coefficient (Wildman–Crippen LogP) is 2.11. The fourth-order valence-electron chi connectivity index (χ4n) is 4.16. The number of hydrogen-bond acceptors (Lipinski definition) is 6. The fraction of sp³-hybridized carbons (Fsp3) is 0.571. The summed E-state index contributed by atoms with van der Waals surface area (Å²) < 4.78 is 5.45. The largest absolute Gasteiger partial charge is 0.340 e. The number of carbonyl (C=O) groups excluding carboxylic acids is 1. The van der Waals surface area contributed by atoms with Crippen molar-refractivity contribution >= 4 is 5.91 Å². The van der Waals surface area contributed by atoms with E-state index >= 15 is 0 Å². The lowest BCUT2D eigenvalue weighted by Crippen LogP contribution is -2.52. The van der Waals surface area contributed by atoms with Gasteiger partial charge in [-0.15, -0.1) is 0 Å². The highest BCUT2D eigenvalue weighted by Crippen LogP contribution is 2.22. The first-order chi connectivity index (χ1) is 13.7. The minimum atomic E-state index is 0.0819. The van der Waals surface area contributed by atoms with Gasteiger partial charge < -0.3 is 14.3 Å². The van der Waals surface area contributed by atoms with Crippen LogP contribution in [0.4, 0.5) is 0 Å². The van der Waals surface area contributed by atoms with Gasteiger partial charge in [-0.05, 0) is 25.9 Å². The number of hydrogen-bond donors (Lipinski definition) is 0. The molecule has 0 spiro atoms. The molecule has 0 radical (unpaired) electrons. The van der Waals surface area contributed by atoms with Crippen molar-refractivity contribution in [1.82, 2.24) is 24.8 Å². The van der Waals surface area contributed by atoms with Gasteiger partial charge in [0, 0.05) is 38.3 Å². The zero-order valence-electron chi connectivity index (χ0n) is 16.6. The van der Waals surface area contributed by atoms with E-state index in [-0.39, 0.29) is 5.92 Å². The van der Waals surface area contributed by atoms with E-state index in [4.69, 9.17) is 4.52 Å². The molecule has 2 aromatic rings. The molecule has 1 aromatic carbocycles. The molecule has 0 saturated carbocycles. The van der Waals surface area contributed by atoms with Crippen molar-refractivity contribution in [3.63, 3.8) is 0 Å². The molecule has 3 heterocycles. The van der Waals surface area contributed by atoms with Crippen molar-refractivity contribution < 1.29 is 9.32 Å². The Morgan fingerprint density at radius 1 is 1.11 bits per heavy atom. The molecule has 1 aromatic heterocycles. The molecule has 1 atom stereocenters. The van der Waals surface area contributed by atoms with Gasteiger partial charge >= 0.3 is 0 Å². The third-order valence-electron chi connectivity index (χ3n) is 5.84. The second-order valence-corrected chi connectivity index (χ2v) is 7.71. The quantitative estimate of drug-likeness (QED) is 0.788. The van der Waals surface area contributed by atoms with E-state index in [9.17, 15) is 4.79 Å². The molecule has 28 heavy (non-hydrogen) atoms. The fourth-order valence-corrected chi connectivity index (χ4v) is 4.16. The lowest BCUT2D eigenvalue weighted by Gasteiger charge is -2.38. The van der Waals surface area contributed by atoms with Crippen LogP contribution in [0.15, 0.2) is 34.9 Å². The maximum atomic E-state index is 13.0. The number of piperidine rings is 1. The summed E-state index contributed by atoms with van der Waals surface area (Å²) in [4.78, 5) is 24.2. The average molecular weight is 383 g/mol. The summed E-state index contributed by atoms with van der Waals surface area (Å²) in [6.45, 7) is 9.28. The summed E-state index contributed by atoms with van der Waals surface area (Å²) >= 11 is 0. The maximum absolute atomic E-state index is 13.0. The Morgan fingerprint density at radius 2 is 1.89 bits per heavy atom. The zero-order valence-corrected chi connectivity index (χ0v) is 16.6. The number of carbonyl (C=O) groups is 1. The van der Waals surface area contributed by atoms with Crippen molar-refractivity contribution in [3.8, 4) is 11.4 Å². The highest BCUT2D eigenvalue weighted by atomic mass is 16.5. The van der Waals surface area contributed by atoms with Gasteiger partial charge in [-0.25, -0.2) is 0 Å². The Bertz CT molecular complexity index is 770. The zero-order chi connectivity index (χ0) is 19.3. The van der Waals surface area contributed by atoms with Crippen LogP contribution in [0.1, 0.15) is 25.7 Å². The Kier molecular flexibility index (Phi) is 6.02. The van der Waals surface area contributed by atoms with Gasteiger partial charge in [0.15, 0.2) is 0 Å². The summed E-state index contributed by atoms with van der Waals surface area (Å²) in [6, 6.07) is 9.85. The Balaban J connectivity index is 1.33. The normalized spacial score (nSPS) is 21.8. The molecule has 1 unspecified atom stereocenters. The summed E-state index contributed by atoms with van der Waals surface area (Å²) in [5.41, 5.74) is 0.954. The van der Waals surface area contributed by atoms with Gasteiger partial charge in [-0.2, -0.15) is 4.98 Å². The third-order valence-corrected chi connectivity index (χ3v) is 5.84. The van der Waals surface area contributed by atoms with Crippen LogP contribution in [0.25, 0.3) is 11.4 Å². The van der Waals surface area contributed by atoms with E-state index in [2.05, 4.69) is 31.8 Å². The Labute approximate surface area is 166 Å². The number of piperazine rings is 1. The smallest absolute Gasteiger partial charge is 0.241 e. The van der Waals surface area contributed by atoms with Gasteiger partial charge in [0.1, 0.15) is 0 Å². The summed E-state index contributed by atoms with van der Waals surface area (Å²) in [7, 11) is 0. The average Bonchev–Trinajstić information content (AvgIpc) is 3.22. The number of aromatic nitrogens is 2. The molecule has 2 aliphatic heterocycles. The summed E-state index contributed by atoms with van der Waals surface area (Å²) in [5, 5.41) is 4.10. The first-order valence-corrected chi connectivity index (χ1v) is 10.3. The van der Waals surface area contributed by atoms with Gasteiger partial charge in [0.05, 0.1) is 12.5 Å². The van der Waals surface area contributed by atoms with Crippen LogP contribution in [-0.4, -0.2) is 76.6 Å². The van der Waals surface area contributed by atoms with E-state index in [1.54, 1.807) is 0 Å². The molecule has 0 N–H and O–H groups in total. The molecular weight excluding hydrogens is 354 g/mol. The number of likely N-dealkylation sites (N-methyl/N-ethyl adjacent to an activating group) is 1. The number of amides is 1. The molecule has 0 aliphatic carbocycles. The van der Waals surface area contributed by atoms with Crippen molar-refractivity contribution in [2.45, 2.75) is 26.3 Å². The van der Waals surface area contributed by atoms with Gasteiger partial charge in [-0.3, -0.25) is 9.69 Å². The molecule has 1 amide bonds. The molecule has 2 saturated heterocycles. The van der Waals surface area contributed by atoms with Gasteiger partial charge in [0.2, 0.25) is 17.6 Å². The van der Waals surface area contributed by atoms with Gasteiger partial charge in [0.25, 0.3) is 0 Å². The minimum Gasteiger partial charge on any atom is -0.340 e. The lowest BCUT2D eigenvalue weighted by molar-refractivity contribution is -0.139. The monoisotopic (exact) mass is 383 g/mol. The molecule has 7 nitrogen and oxygen atoms in total. The van der Waals surface area contributed by atoms with Crippen LogP contribution >= 0.6 is 0 Å². The van der Waals surface area contributed by atoms with Crippen LogP contribution in [0.2, 0.25) is 0 Å². The first-order valence-electron chi connectivity index (χ1n) is 10.3. The predicted molar refractivity (Wildman–Crippen MR) is 106 cm³/mol. The molecule has 7 heteroatoms. The first kappa shape index (κ1) is 19.1. The minimum absolute atomic E-state index is 0.0819. The number of rotatable bonds is 5. The van der Waals surface area contributed by atoms with Crippen LogP contribution < -0.4 is 0 Å². The van der Waals surface area contributed by atoms with Crippen molar-refractivity contribution in [1.29, 1.82) is 0 Å². The Morgan fingerprint density at radius 3 is 2.64 bits per heavy atom. The van der Waals surface area contributed by atoms with Crippen LogP contribution in [0, 0.1) is 5.92 Å². The van der Waals surface area contributed by atoms with Crippen LogP contribution in [-0.2, 0) is 11.3 Å². The molecule has 0 bridgehead atoms. The number of nitrogens with zero attached hydrogens (tertiary/aromatic N) is 5. The highest BCUT2D eigenvalue weighted by Gasteiger charge is 2.31. The summed E-state index contributed by atoms with van der Waals surface area (Å²) in [5.74, 6) is 1.63. The molecule has 150 valence electrons. The second-order valence-electron chi connectivity index (χ2n) is 7.71. The van der Waals surface area contributed by atoms with E-state index in [1.165, 1.54) is 0 Å². The van der Waals surface area contributed by atoms with E-state index in [0.29, 0.717) is 24.2 Å². The SMILES string of the molecule is CCN1CCN(C(=O)C2CCCN(Cc3nc(-c4ccccc4)no3)C2)CC1. The topological polar surface area (TPSA) is 65.7 Å². The van der Waals surface area contributed by atoms with E-state index in [1.807, 2.05) is 30.3 Å². The molecule has 2 fully saturated rings. The van der Waals surface area contributed by atoms with Crippen molar-refractivity contribution in [3.05, 3.63) is 36.2 Å². The molecular formula is C21H29N5O2. The third kappa shape index (κ3) is 4.42. The molecule has 4 rings (SSSR count). The maximum Gasteiger partial charge on any atom is 0.241 e.